The van der Waals surface area contributed by atoms with Gasteiger partial charge in [-0.2, -0.15) is 5.26 Å². The molecule has 0 unspecified atom stereocenters. The van der Waals surface area contributed by atoms with E-state index in [-0.39, 0.29) is 6.03 Å². The van der Waals surface area contributed by atoms with Crippen LogP contribution in [0.15, 0.2) is 48.5 Å². The molecule has 0 spiro atoms. The normalized spacial score (nSPS) is 13.8. The van der Waals surface area contributed by atoms with Gasteiger partial charge in [0.1, 0.15) is 5.75 Å². The number of nitriles is 1. The number of anilines is 1. The van der Waals surface area contributed by atoms with Gasteiger partial charge in [-0.15, -0.1) is 0 Å². The van der Waals surface area contributed by atoms with Crippen molar-refractivity contribution >= 4 is 11.7 Å². The summed E-state index contributed by atoms with van der Waals surface area (Å²) in [5, 5.41) is 12.0. The van der Waals surface area contributed by atoms with Gasteiger partial charge in [-0.25, -0.2) is 4.79 Å². The summed E-state index contributed by atoms with van der Waals surface area (Å²) in [6, 6.07) is 17.3. The Morgan fingerprint density at radius 2 is 1.92 bits per heavy atom. The van der Waals surface area contributed by atoms with Gasteiger partial charge in [0.25, 0.3) is 0 Å². The van der Waals surface area contributed by atoms with Crippen LogP contribution < -0.4 is 15.0 Å². The third-order valence-corrected chi connectivity index (χ3v) is 4.53. The largest absolute Gasteiger partial charge is 0.496 e. The number of methoxy groups -OCH3 is 1. The molecule has 6 nitrogen and oxygen atoms in total. The lowest BCUT2D eigenvalue weighted by atomic mass is 10.2. The van der Waals surface area contributed by atoms with Gasteiger partial charge in [0.15, 0.2) is 0 Å². The summed E-state index contributed by atoms with van der Waals surface area (Å²) < 4.78 is 5.31. The average Bonchev–Trinajstić information content (AvgIpc) is 2.72. The van der Waals surface area contributed by atoms with Crippen LogP contribution in [0.5, 0.6) is 5.75 Å². The minimum atomic E-state index is -0.0682. The Hall–Kier alpha value is -3.20. The Morgan fingerprint density at radius 3 is 2.65 bits per heavy atom. The Morgan fingerprint density at radius 1 is 1.15 bits per heavy atom. The van der Waals surface area contributed by atoms with Crippen LogP contribution in [0.3, 0.4) is 0 Å². The van der Waals surface area contributed by atoms with E-state index in [9.17, 15) is 4.79 Å². The lowest BCUT2D eigenvalue weighted by Gasteiger charge is -2.36. The third-order valence-electron chi connectivity index (χ3n) is 4.53. The molecular formula is C20H22N4O2. The smallest absolute Gasteiger partial charge is 0.317 e. The Labute approximate surface area is 153 Å². The zero-order valence-electron chi connectivity index (χ0n) is 14.8. The number of benzene rings is 2. The zero-order chi connectivity index (χ0) is 18.4. The van der Waals surface area contributed by atoms with E-state index in [2.05, 4.69) is 16.3 Å². The molecule has 2 aromatic rings. The number of rotatable bonds is 4. The minimum Gasteiger partial charge on any atom is -0.496 e. The first-order valence-electron chi connectivity index (χ1n) is 8.61. The standard InChI is InChI=1S/C20H22N4O2/c1-26-19-8-3-2-6-17(19)15-22-20(25)24-11-9-23(10-12-24)18-7-4-5-16(13-18)14-21/h2-8,13H,9-12,15H2,1H3,(H,22,25). The van der Waals surface area contributed by atoms with Gasteiger partial charge in [-0.05, 0) is 24.3 Å². The minimum absolute atomic E-state index is 0.0682. The van der Waals surface area contributed by atoms with Crippen LogP contribution >= 0.6 is 0 Å². The number of ether oxygens (including phenoxy) is 1. The van der Waals surface area contributed by atoms with E-state index in [1.54, 1.807) is 13.2 Å². The molecule has 1 aliphatic heterocycles. The molecule has 0 aliphatic carbocycles. The number of hydrogen-bond donors (Lipinski definition) is 1. The third kappa shape index (κ3) is 4.06. The SMILES string of the molecule is COc1ccccc1CNC(=O)N1CCN(c2cccc(C#N)c2)CC1. The van der Waals surface area contributed by atoms with Crippen molar-refractivity contribution in [2.45, 2.75) is 6.54 Å². The highest BCUT2D eigenvalue weighted by atomic mass is 16.5. The first kappa shape index (κ1) is 17.6. The summed E-state index contributed by atoms with van der Waals surface area (Å²) in [5.41, 5.74) is 2.63. The van der Waals surface area contributed by atoms with Gasteiger partial charge in [-0.3, -0.25) is 0 Å². The number of carbonyl (C=O) groups is 1. The molecule has 0 saturated carbocycles. The number of hydrogen-bond acceptors (Lipinski definition) is 4. The summed E-state index contributed by atoms with van der Waals surface area (Å²) >= 11 is 0. The molecule has 0 atom stereocenters. The fraction of sp³-hybridized carbons (Fsp3) is 0.300. The first-order chi connectivity index (χ1) is 12.7. The molecule has 1 heterocycles. The second kappa shape index (κ2) is 8.26. The van der Waals surface area contributed by atoms with Gasteiger partial charge in [-0.1, -0.05) is 24.3 Å². The van der Waals surface area contributed by atoms with Crippen LogP contribution in [0.2, 0.25) is 0 Å². The van der Waals surface area contributed by atoms with Crippen molar-refractivity contribution in [3.63, 3.8) is 0 Å². The predicted octanol–water partition coefficient (Wildman–Crippen LogP) is 2.60. The highest BCUT2D eigenvalue weighted by Crippen LogP contribution is 2.19. The molecule has 1 saturated heterocycles. The van der Waals surface area contributed by atoms with Crippen molar-refractivity contribution in [2.75, 3.05) is 38.2 Å². The molecule has 2 amide bonds. The molecule has 0 aromatic heterocycles. The molecule has 134 valence electrons. The molecule has 0 radical (unpaired) electrons. The Balaban J connectivity index is 1.53. The van der Waals surface area contributed by atoms with Crippen LogP contribution in [-0.2, 0) is 6.54 Å². The number of nitrogens with one attached hydrogen (secondary N) is 1. The summed E-state index contributed by atoms with van der Waals surface area (Å²) in [7, 11) is 1.63. The molecule has 1 aliphatic rings. The predicted molar refractivity (Wildman–Crippen MR) is 100 cm³/mol. The van der Waals surface area contributed by atoms with E-state index in [0.29, 0.717) is 25.2 Å². The molecule has 0 bridgehead atoms. The van der Waals surface area contributed by atoms with Crippen molar-refractivity contribution in [3.8, 4) is 11.8 Å². The lowest BCUT2D eigenvalue weighted by molar-refractivity contribution is 0.194. The number of urea groups is 1. The van der Waals surface area contributed by atoms with Crippen molar-refractivity contribution in [1.29, 1.82) is 5.26 Å². The van der Waals surface area contributed by atoms with Crippen LogP contribution in [0, 0.1) is 11.3 Å². The van der Waals surface area contributed by atoms with Crippen LogP contribution in [0.4, 0.5) is 10.5 Å². The van der Waals surface area contributed by atoms with E-state index in [1.165, 1.54) is 0 Å². The summed E-state index contributed by atoms with van der Waals surface area (Å²) in [4.78, 5) is 16.4. The van der Waals surface area contributed by atoms with E-state index in [4.69, 9.17) is 10.00 Å². The molecule has 1 fully saturated rings. The van der Waals surface area contributed by atoms with E-state index >= 15 is 0 Å². The molecular weight excluding hydrogens is 328 g/mol. The summed E-state index contributed by atoms with van der Waals surface area (Å²) in [5.74, 6) is 0.773. The molecule has 26 heavy (non-hydrogen) atoms. The van der Waals surface area contributed by atoms with E-state index in [1.807, 2.05) is 47.4 Å². The molecule has 3 rings (SSSR count). The van der Waals surface area contributed by atoms with Crippen LogP contribution in [0.25, 0.3) is 0 Å². The van der Waals surface area contributed by atoms with E-state index < -0.39 is 0 Å². The van der Waals surface area contributed by atoms with Crippen molar-refractivity contribution in [1.82, 2.24) is 10.2 Å². The molecule has 6 heteroatoms. The van der Waals surface area contributed by atoms with Gasteiger partial charge in [0.2, 0.25) is 0 Å². The van der Waals surface area contributed by atoms with Crippen molar-refractivity contribution < 1.29 is 9.53 Å². The summed E-state index contributed by atoms with van der Waals surface area (Å²) in [6.07, 6.45) is 0. The zero-order valence-corrected chi connectivity index (χ0v) is 14.8. The van der Waals surface area contributed by atoms with E-state index in [0.717, 1.165) is 30.1 Å². The quantitative estimate of drug-likeness (QED) is 0.920. The second-order valence-electron chi connectivity index (χ2n) is 6.11. The number of para-hydroxylation sites is 1. The first-order valence-corrected chi connectivity index (χ1v) is 8.61. The van der Waals surface area contributed by atoms with Gasteiger partial charge < -0.3 is 19.9 Å². The van der Waals surface area contributed by atoms with Crippen molar-refractivity contribution in [2.24, 2.45) is 0 Å². The molecule has 1 N–H and O–H groups in total. The second-order valence-corrected chi connectivity index (χ2v) is 6.11. The topological polar surface area (TPSA) is 68.6 Å². The Bertz CT molecular complexity index is 807. The lowest BCUT2D eigenvalue weighted by Crippen LogP contribution is -2.51. The van der Waals surface area contributed by atoms with Crippen LogP contribution in [0.1, 0.15) is 11.1 Å². The van der Waals surface area contributed by atoms with Gasteiger partial charge in [0.05, 0.1) is 18.7 Å². The Kier molecular flexibility index (Phi) is 5.59. The maximum atomic E-state index is 12.4. The highest BCUT2D eigenvalue weighted by molar-refractivity contribution is 5.74. The monoisotopic (exact) mass is 350 g/mol. The van der Waals surface area contributed by atoms with Crippen molar-refractivity contribution in [3.05, 3.63) is 59.7 Å². The van der Waals surface area contributed by atoms with Gasteiger partial charge >= 0.3 is 6.03 Å². The van der Waals surface area contributed by atoms with Gasteiger partial charge in [0, 0.05) is 44.0 Å². The number of piperazine rings is 1. The van der Waals surface area contributed by atoms with Crippen LogP contribution in [-0.4, -0.2) is 44.2 Å². The number of nitrogens with zero attached hydrogens (tertiary/aromatic N) is 3. The number of amides is 2. The maximum Gasteiger partial charge on any atom is 0.317 e. The number of carbonyl (C=O) groups excluding carboxylic acids is 1. The fourth-order valence-electron chi connectivity index (χ4n) is 3.07. The fourth-order valence-corrected chi connectivity index (χ4v) is 3.07. The summed E-state index contributed by atoms with van der Waals surface area (Å²) in [6.45, 7) is 3.23. The molecule has 2 aromatic carbocycles. The maximum absolute atomic E-state index is 12.4. The highest BCUT2D eigenvalue weighted by Gasteiger charge is 2.21. The average molecular weight is 350 g/mol.